The summed E-state index contributed by atoms with van der Waals surface area (Å²) in [6.07, 6.45) is -3.92. The number of hydrogen-bond acceptors (Lipinski definition) is 6. The van der Waals surface area contributed by atoms with E-state index in [9.17, 15) is 36.3 Å². The first-order chi connectivity index (χ1) is 16.2. The number of methoxy groups -OCH3 is 1. The molecule has 0 saturated heterocycles. The maximum Gasteiger partial charge on any atom is 0.417 e. The van der Waals surface area contributed by atoms with Crippen molar-refractivity contribution in [1.29, 1.82) is 0 Å². The number of ether oxygens (including phenoxy) is 1. The molecule has 0 aliphatic heterocycles. The van der Waals surface area contributed by atoms with Gasteiger partial charge in [-0.25, -0.2) is 18.2 Å². The Hall–Kier alpha value is -3.35. The lowest BCUT2D eigenvalue weighted by atomic mass is 10.00. The molecule has 2 aromatic carbocycles. The molecule has 0 spiro atoms. The molecule has 0 amide bonds. The van der Waals surface area contributed by atoms with Crippen LogP contribution >= 0.6 is 23.2 Å². The number of hydrogen-bond donors (Lipinski definition) is 2. The highest BCUT2D eigenvalue weighted by atomic mass is 35.5. The first-order valence-electron chi connectivity index (χ1n) is 9.25. The molecule has 0 fully saturated rings. The summed E-state index contributed by atoms with van der Waals surface area (Å²) in [6, 6.07) is 6.46. The van der Waals surface area contributed by atoms with E-state index in [2.05, 4.69) is 4.98 Å². The van der Waals surface area contributed by atoms with Gasteiger partial charge in [-0.1, -0.05) is 23.2 Å². The fourth-order valence-electron chi connectivity index (χ4n) is 2.94. The van der Waals surface area contributed by atoms with Crippen molar-refractivity contribution in [2.45, 2.75) is 11.1 Å². The van der Waals surface area contributed by atoms with Gasteiger partial charge in [0.05, 0.1) is 38.9 Å². The number of carbonyl (C=O) groups is 2. The molecule has 0 radical (unpaired) electrons. The smallest absolute Gasteiger partial charge is 0.417 e. The minimum absolute atomic E-state index is 0.115. The number of ketones is 1. The largest absolute Gasteiger partial charge is 0.497 e. The highest BCUT2D eigenvalue weighted by Gasteiger charge is 2.35. The first-order valence-corrected chi connectivity index (χ1v) is 11.5. The Morgan fingerprint density at radius 2 is 1.74 bits per heavy atom. The predicted molar refractivity (Wildman–Crippen MR) is 120 cm³/mol. The van der Waals surface area contributed by atoms with Crippen LogP contribution in [-0.2, 0) is 16.2 Å². The number of nitrogens with zero attached hydrogens (tertiary/aromatic N) is 1. The van der Waals surface area contributed by atoms with Gasteiger partial charge in [-0.15, -0.1) is 0 Å². The Bertz CT molecular complexity index is 1450. The van der Waals surface area contributed by atoms with Gasteiger partial charge in [0, 0.05) is 11.8 Å². The average molecular weight is 549 g/mol. The van der Waals surface area contributed by atoms with Crippen LogP contribution in [0.2, 0.25) is 10.0 Å². The fourth-order valence-corrected chi connectivity index (χ4v) is 4.41. The molecule has 1 aromatic heterocycles. The molecule has 0 unspecified atom stereocenters. The van der Waals surface area contributed by atoms with Gasteiger partial charge in [0.25, 0.3) is 10.0 Å². The number of benzene rings is 2. The number of alkyl halides is 3. The number of pyridine rings is 1. The number of aromatic nitrogens is 1. The lowest BCUT2D eigenvalue weighted by Gasteiger charge is -2.15. The number of anilines is 1. The van der Waals surface area contributed by atoms with Gasteiger partial charge in [0.2, 0.25) is 5.78 Å². The van der Waals surface area contributed by atoms with Gasteiger partial charge < -0.3 is 9.84 Å². The Balaban J connectivity index is 2.11. The molecule has 3 rings (SSSR count). The van der Waals surface area contributed by atoms with E-state index in [0.29, 0.717) is 6.07 Å². The van der Waals surface area contributed by atoms with E-state index in [1.54, 1.807) is 0 Å². The minimum atomic E-state index is -4.93. The Kier molecular flexibility index (Phi) is 7.29. The molecule has 8 nitrogen and oxygen atoms in total. The van der Waals surface area contributed by atoms with Crippen LogP contribution in [0.4, 0.5) is 18.9 Å². The van der Waals surface area contributed by atoms with Crippen molar-refractivity contribution in [3.05, 3.63) is 81.1 Å². The molecular weight excluding hydrogens is 536 g/mol. The third kappa shape index (κ3) is 5.66. The van der Waals surface area contributed by atoms with Crippen molar-refractivity contribution in [2.24, 2.45) is 0 Å². The van der Waals surface area contributed by atoms with Crippen LogP contribution in [0.1, 0.15) is 32.0 Å². The molecule has 0 saturated carbocycles. The van der Waals surface area contributed by atoms with E-state index < -0.39 is 60.4 Å². The van der Waals surface area contributed by atoms with Crippen molar-refractivity contribution in [1.82, 2.24) is 4.98 Å². The van der Waals surface area contributed by atoms with Gasteiger partial charge >= 0.3 is 12.1 Å². The van der Waals surface area contributed by atoms with E-state index in [1.807, 2.05) is 4.72 Å². The number of rotatable bonds is 7. The Morgan fingerprint density at radius 3 is 2.34 bits per heavy atom. The Morgan fingerprint density at radius 1 is 1.06 bits per heavy atom. The molecule has 1 heterocycles. The summed E-state index contributed by atoms with van der Waals surface area (Å²) in [7, 11) is -3.42. The molecule has 0 aliphatic rings. The fraction of sp³-hybridized carbons (Fsp3) is 0.0952. The molecule has 0 bridgehead atoms. The van der Waals surface area contributed by atoms with Crippen LogP contribution in [0.15, 0.2) is 53.6 Å². The van der Waals surface area contributed by atoms with Crippen molar-refractivity contribution < 1.29 is 41.0 Å². The molecule has 3 aromatic rings. The van der Waals surface area contributed by atoms with Gasteiger partial charge in [0.15, 0.2) is 0 Å². The zero-order chi connectivity index (χ0) is 26.1. The summed E-state index contributed by atoms with van der Waals surface area (Å²) < 4.78 is 72.3. The lowest BCUT2D eigenvalue weighted by molar-refractivity contribution is -0.137. The molecule has 0 aliphatic carbocycles. The van der Waals surface area contributed by atoms with Gasteiger partial charge in [-0.2, -0.15) is 13.2 Å². The summed E-state index contributed by atoms with van der Waals surface area (Å²) in [6.45, 7) is 0. The first kappa shape index (κ1) is 26.3. The molecular formula is C21H13Cl2F3N2O6S. The van der Waals surface area contributed by atoms with E-state index in [1.165, 1.54) is 13.2 Å². The monoisotopic (exact) mass is 548 g/mol. The quantitative estimate of drug-likeness (QED) is 0.391. The summed E-state index contributed by atoms with van der Waals surface area (Å²) >= 11 is 11.4. The van der Waals surface area contributed by atoms with Crippen LogP contribution in [0.3, 0.4) is 0 Å². The number of carboxylic acid groups (broad SMARTS) is 1. The molecule has 0 atom stereocenters. The van der Waals surface area contributed by atoms with Crippen LogP contribution in [0, 0.1) is 0 Å². The summed E-state index contributed by atoms with van der Waals surface area (Å²) in [5, 5.41) is 8.61. The molecule has 184 valence electrons. The SMILES string of the molecule is COc1ccc(C(=O)O)c(C(=O)c2ncc(Cl)cc2NS(=O)(=O)c2ccc(Cl)c(C(F)(F)F)c2)c1. The average Bonchev–Trinajstić information content (AvgIpc) is 2.77. The number of nitrogens with one attached hydrogen (secondary N) is 1. The number of carbonyl (C=O) groups excluding carboxylic acids is 1. The summed E-state index contributed by atoms with van der Waals surface area (Å²) in [4.78, 5) is 27.8. The highest BCUT2D eigenvalue weighted by molar-refractivity contribution is 7.92. The van der Waals surface area contributed by atoms with Crippen molar-refractivity contribution in [2.75, 3.05) is 11.8 Å². The van der Waals surface area contributed by atoms with Gasteiger partial charge in [0.1, 0.15) is 11.4 Å². The second kappa shape index (κ2) is 9.72. The zero-order valence-electron chi connectivity index (χ0n) is 17.4. The van der Waals surface area contributed by atoms with Crippen LogP contribution in [0.25, 0.3) is 0 Å². The van der Waals surface area contributed by atoms with E-state index in [0.717, 1.165) is 36.5 Å². The topological polar surface area (TPSA) is 123 Å². The van der Waals surface area contributed by atoms with Crippen molar-refractivity contribution in [3.63, 3.8) is 0 Å². The highest BCUT2D eigenvalue weighted by Crippen LogP contribution is 2.36. The van der Waals surface area contributed by atoms with Crippen molar-refractivity contribution >= 4 is 50.7 Å². The zero-order valence-corrected chi connectivity index (χ0v) is 19.7. The lowest BCUT2D eigenvalue weighted by Crippen LogP contribution is -2.19. The molecule has 35 heavy (non-hydrogen) atoms. The Labute approximate surface area is 206 Å². The number of aromatic carboxylic acids is 1. The van der Waals surface area contributed by atoms with E-state index >= 15 is 0 Å². The summed E-state index contributed by atoms with van der Waals surface area (Å²) in [5.74, 6) is -2.33. The minimum Gasteiger partial charge on any atom is -0.497 e. The van der Waals surface area contributed by atoms with Crippen LogP contribution in [0.5, 0.6) is 5.75 Å². The van der Waals surface area contributed by atoms with Crippen LogP contribution in [-0.4, -0.2) is 37.4 Å². The standard InChI is InChI=1S/C21H13Cl2F3N2O6S/c1-34-11-2-4-13(20(30)31)14(7-11)19(29)18-17(6-10(22)9-27-18)28-35(32,33)12-3-5-16(23)15(8-12)21(24,25)26/h2-9,28H,1H3,(H,30,31). The molecule has 14 heteroatoms. The number of carboxylic acids is 1. The number of sulfonamides is 1. The maximum absolute atomic E-state index is 13.2. The molecule has 2 N–H and O–H groups in total. The second-order valence-electron chi connectivity index (χ2n) is 6.84. The number of halogens is 5. The third-order valence-corrected chi connectivity index (χ3v) is 6.47. The summed E-state index contributed by atoms with van der Waals surface area (Å²) in [5.41, 5.74) is -3.24. The normalized spacial score (nSPS) is 11.7. The van der Waals surface area contributed by atoms with Crippen LogP contribution < -0.4 is 9.46 Å². The second-order valence-corrected chi connectivity index (χ2v) is 9.37. The third-order valence-electron chi connectivity index (χ3n) is 4.57. The van der Waals surface area contributed by atoms with E-state index in [-0.39, 0.29) is 16.3 Å². The van der Waals surface area contributed by atoms with E-state index in [4.69, 9.17) is 27.9 Å². The predicted octanol–water partition coefficient (Wildman–Crippen LogP) is 5.15. The maximum atomic E-state index is 13.2. The van der Waals surface area contributed by atoms with Gasteiger partial charge in [-0.05, 0) is 42.5 Å². The van der Waals surface area contributed by atoms with Crippen molar-refractivity contribution in [3.8, 4) is 5.75 Å². The van der Waals surface area contributed by atoms with Gasteiger partial charge in [-0.3, -0.25) is 9.52 Å².